The summed E-state index contributed by atoms with van der Waals surface area (Å²) in [7, 11) is 0. The highest BCUT2D eigenvalue weighted by Crippen LogP contribution is 2.35. The van der Waals surface area contributed by atoms with Gasteiger partial charge in [-0.2, -0.15) is 0 Å². The van der Waals surface area contributed by atoms with Gasteiger partial charge in [0.15, 0.2) is 0 Å². The predicted molar refractivity (Wildman–Crippen MR) is 62.0 cm³/mol. The van der Waals surface area contributed by atoms with Crippen LogP contribution in [-0.2, 0) is 6.42 Å². The van der Waals surface area contributed by atoms with Crippen molar-refractivity contribution in [1.82, 2.24) is 0 Å². The standard InChI is InChI=1S/C14H20/c1-9(2)13-8-14-10(3)5-6-12(14)7-11(13)4/h7-10H,5-6H2,1-4H3. The van der Waals surface area contributed by atoms with E-state index in [4.69, 9.17) is 0 Å². The highest BCUT2D eigenvalue weighted by molar-refractivity contribution is 5.43. The quantitative estimate of drug-likeness (QED) is 0.620. The molecule has 14 heavy (non-hydrogen) atoms. The second-order valence-corrected chi connectivity index (χ2v) is 5.00. The third kappa shape index (κ3) is 1.47. The van der Waals surface area contributed by atoms with Crippen LogP contribution >= 0.6 is 0 Å². The summed E-state index contributed by atoms with van der Waals surface area (Å²) < 4.78 is 0. The Balaban J connectivity index is 2.51. The molecule has 76 valence electrons. The van der Waals surface area contributed by atoms with Gasteiger partial charge < -0.3 is 0 Å². The summed E-state index contributed by atoms with van der Waals surface area (Å²) in [6.45, 7) is 9.17. The van der Waals surface area contributed by atoms with Crippen LogP contribution in [-0.4, -0.2) is 0 Å². The van der Waals surface area contributed by atoms with Crippen LogP contribution < -0.4 is 0 Å². The van der Waals surface area contributed by atoms with Gasteiger partial charge in [0.2, 0.25) is 0 Å². The number of hydrogen-bond acceptors (Lipinski definition) is 0. The zero-order valence-corrected chi connectivity index (χ0v) is 9.72. The van der Waals surface area contributed by atoms with Crippen molar-refractivity contribution in [2.24, 2.45) is 0 Å². The molecule has 0 radical (unpaired) electrons. The Hall–Kier alpha value is -0.780. The van der Waals surface area contributed by atoms with Crippen LogP contribution in [0.4, 0.5) is 0 Å². The third-order valence-electron chi connectivity index (χ3n) is 3.53. The van der Waals surface area contributed by atoms with Crippen molar-refractivity contribution in [3.8, 4) is 0 Å². The summed E-state index contributed by atoms with van der Waals surface area (Å²) in [5.74, 6) is 1.44. The normalized spacial score (nSPS) is 20.2. The van der Waals surface area contributed by atoms with Crippen molar-refractivity contribution < 1.29 is 0 Å². The molecule has 1 atom stereocenters. The van der Waals surface area contributed by atoms with Gasteiger partial charge in [-0.25, -0.2) is 0 Å². The zero-order valence-electron chi connectivity index (χ0n) is 9.72. The molecule has 2 rings (SSSR count). The second-order valence-electron chi connectivity index (χ2n) is 5.00. The van der Waals surface area contributed by atoms with E-state index in [0.29, 0.717) is 5.92 Å². The average Bonchev–Trinajstić information content (AvgIpc) is 2.46. The van der Waals surface area contributed by atoms with Gasteiger partial charge in [0.25, 0.3) is 0 Å². The predicted octanol–water partition coefficient (Wildman–Crippen LogP) is 4.17. The van der Waals surface area contributed by atoms with Gasteiger partial charge in [-0.15, -0.1) is 0 Å². The lowest BCUT2D eigenvalue weighted by Crippen LogP contribution is -1.96. The fourth-order valence-electron chi connectivity index (χ4n) is 2.63. The Morgan fingerprint density at radius 3 is 2.64 bits per heavy atom. The SMILES string of the molecule is Cc1cc2c(cc1C(C)C)C(C)CC2. The van der Waals surface area contributed by atoms with E-state index in [1.807, 2.05) is 0 Å². The van der Waals surface area contributed by atoms with E-state index in [9.17, 15) is 0 Å². The Kier molecular flexibility index (Phi) is 2.38. The lowest BCUT2D eigenvalue weighted by molar-refractivity contribution is 0.745. The van der Waals surface area contributed by atoms with Crippen molar-refractivity contribution in [3.63, 3.8) is 0 Å². The molecule has 1 aromatic carbocycles. The molecule has 1 aliphatic carbocycles. The van der Waals surface area contributed by atoms with Gasteiger partial charge >= 0.3 is 0 Å². The number of rotatable bonds is 1. The van der Waals surface area contributed by atoms with Crippen molar-refractivity contribution >= 4 is 0 Å². The highest BCUT2D eigenvalue weighted by atomic mass is 14.2. The van der Waals surface area contributed by atoms with Crippen LogP contribution in [0.5, 0.6) is 0 Å². The first-order valence-electron chi connectivity index (χ1n) is 5.73. The minimum Gasteiger partial charge on any atom is -0.0587 e. The van der Waals surface area contributed by atoms with E-state index in [0.717, 1.165) is 5.92 Å². The van der Waals surface area contributed by atoms with Gasteiger partial charge in [0, 0.05) is 0 Å². The maximum absolute atomic E-state index is 2.45. The van der Waals surface area contributed by atoms with Crippen molar-refractivity contribution in [2.45, 2.75) is 52.4 Å². The zero-order chi connectivity index (χ0) is 10.3. The smallest absolute Gasteiger partial charge is 0.0184 e. The summed E-state index contributed by atoms with van der Waals surface area (Å²) >= 11 is 0. The molecule has 0 aromatic heterocycles. The molecule has 0 amide bonds. The average molecular weight is 188 g/mol. The molecule has 0 aliphatic heterocycles. The molecule has 0 saturated carbocycles. The van der Waals surface area contributed by atoms with Crippen molar-refractivity contribution in [1.29, 1.82) is 0 Å². The lowest BCUT2D eigenvalue weighted by Gasteiger charge is -2.14. The molecule has 1 unspecified atom stereocenters. The van der Waals surface area contributed by atoms with Gasteiger partial charge in [0.05, 0.1) is 0 Å². The van der Waals surface area contributed by atoms with E-state index in [2.05, 4.69) is 39.8 Å². The minimum atomic E-state index is 0.660. The Labute approximate surface area is 87.3 Å². The molecule has 1 aliphatic rings. The van der Waals surface area contributed by atoms with Crippen molar-refractivity contribution in [3.05, 3.63) is 34.4 Å². The van der Waals surface area contributed by atoms with Gasteiger partial charge in [0.1, 0.15) is 0 Å². The molecule has 1 aromatic rings. The minimum absolute atomic E-state index is 0.660. The number of benzene rings is 1. The van der Waals surface area contributed by atoms with Crippen LogP contribution in [0.25, 0.3) is 0 Å². The van der Waals surface area contributed by atoms with E-state index in [-0.39, 0.29) is 0 Å². The summed E-state index contributed by atoms with van der Waals surface area (Å²) in [6.07, 6.45) is 2.63. The van der Waals surface area contributed by atoms with Crippen LogP contribution in [0.3, 0.4) is 0 Å². The van der Waals surface area contributed by atoms with Gasteiger partial charge in [-0.1, -0.05) is 32.9 Å². The first-order chi connectivity index (χ1) is 6.59. The Morgan fingerprint density at radius 2 is 2.00 bits per heavy atom. The first kappa shape index (κ1) is 9.76. The first-order valence-corrected chi connectivity index (χ1v) is 5.73. The molecule has 0 heterocycles. The molecular weight excluding hydrogens is 168 g/mol. The third-order valence-corrected chi connectivity index (χ3v) is 3.53. The molecule has 0 saturated heterocycles. The molecule has 0 N–H and O–H groups in total. The maximum Gasteiger partial charge on any atom is -0.0184 e. The van der Waals surface area contributed by atoms with Gasteiger partial charge in [-0.05, 0) is 53.9 Å². The summed E-state index contributed by atoms with van der Waals surface area (Å²) in [5.41, 5.74) is 6.23. The van der Waals surface area contributed by atoms with Crippen LogP contribution in [0.15, 0.2) is 12.1 Å². The lowest BCUT2D eigenvalue weighted by atomic mass is 9.92. The number of hydrogen-bond donors (Lipinski definition) is 0. The molecule has 0 bridgehead atoms. The van der Waals surface area contributed by atoms with Crippen LogP contribution in [0, 0.1) is 6.92 Å². The molecule has 0 heteroatoms. The second kappa shape index (κ2) is 3.42. The van der Waals surface area contributed by atoms with Crippen LogP contribution in [0.1, 0.15) is 61.3 Å². The molecular formula is C14H20. The van der Waals surface area contributed by atoms with E-state index in [1.165, 1.54) is 24.0 Å². The summed E-state index contributed by atoms with van der Waals surface area (Å²) in [4.78, 5) is 0. The van der Waals surface area contributed by atoms with Gasteiger partial charge in [-0.3, -0.25) is 0 Å². The monoisotopic (exact) mass is 188 g/mol. The Bertz CT molecular complexity index is 347. The van der Waals surface area contributed by atoms with E-state index < -0.39 is 0 Å². The highest BCUT2D eigenvalue weighted by Gasteiger charge is 2.20. The van der Waals surface area contributed by atoms with E-state index in [1.54, 1.807) is 11.1 Å². The Morgan fingerprint density at radius 1 is 1.29 bits per heavy atom. The maximum atomic E-state index is 2.45. The molecule has 0 fully saturated rings. The van der Waals surface area contributed by atoms with E-state index >= 15 is 0 Å². The number of aryl methyl sites for hydroxylation is 2. The molecule has 0 spiro atoms. The topological polar surface area (TPSA) is 0 Å². The fourth-order valence-corrected chi connectivity index (χ4v) is 2.63. The molecule has 0 nitrogen and oxygen atoms in total. The largest absolute Gasteiger partial charge is 0.0587 e. The fraction of sp³-hybridized carbons (Fsp3) is 0.571. The van der Waals surface area contributed by atoms with Crippen LogP contribution in [0.2, 0.25) is 0 Å². The number of fused-ring (bicyclic) bond motifs is 1. The van der Waals surface area contributed by atoms with Crippen molar-refractivity contribution in [2.75, 3.05) is 0 Å². The summed E-state index contributed by atoms with van der Waals surface area (Å²) in [5, 5.41) is 0. The summed E-state index contributed by atoms with van der Waals surface area (Å²) in [6, 6.07) is 4.86.